The predicted octanol–water partition coefficient (Wildman–Crippen LogP) is 1.90. The molecule has 2 aliphatic rings. The summed E-state index contributed by atoms with van der Waals surface area (Å²) in [6.45, 7) is 9.78. The van der Waals surface area contributed by atoms with Gasteiger partial charge < -0.3 is 9.47 Å². The zero-order chi connectivity index (χ0) is 19.4. The van der Waals surface area contributed by atoms with Gasteiger partial charge in [-0.05, 0) is 48.0 Å². The highest BCUT2D eigenvalue weighted by Crippen LogP contribution is 2.54. The van der Waals surface area contributed by atoms with Crippen LogP contribution >= 0.6 is 0 Å². The first-order valence-corrected chi connectivity index (χ1v) is 8.13. The number of rotatable bonds is 2. The van der Waals surface area contributed by atoms with Gasteiger partial charge in [-0.3, -0.25) is 14.9 Å². The summed E-state index contributed by atoms with van der Waals surface area (Å²) in [5, 5.41) is 11.4. The minimum Gasteiger partial charge on any atom is -0.458 e. The van der Waals surface area contributed by atoms with E-state index in [0.717, 1.165) is 0 Å². The van der Waals surface area contributed by atoms with Gasteiger partial charge in [0.1, 0.15) is 17.2 Å². The minimum atomic E-state index is -1.82. The average molecular weight is 356 g/mol. The van der Waals surface area contributed by atoms with Gasteiger partial charge in [0.2, 0.25) is 0 Å². The van der Waals surface area contributed by atoms with Crippen molar-refractivity contribution in [1.29, 1.82) is 0 Å². The number of hydrogen-bond donors (Lipinski definition) is 0. The molecule has 2 amide bonds. The van der Waals surface area contributed by atoms with Crippen LogP contribution in [-0.4, -0.2) is 50.6 Å². The van der Waals surface area contributed by atoms with Crippen LogP contribution in [0.1, 0.15) is 54.4 Å². The lowest BCUT2D eigenvalue weighted by Gasteiger charge is -2.35. The van der Waals surface area contributed by atoms with E-state index in [2.05, 4.69) is 0 Å². The molecular formula is C16H24N2O7. The summed E-state index contributed by atoms with van der Waals surface area (Å²) in [6, 6.07) is -1.22. The van der Waals surface area contributed by atoms with Crippen molar-refractivity contribution in [1.82, 2.24) is 4.90 Å². The first kappa shape index (κ1) is 19.1. The van der Waals surface area contributed by atoms with E-state index < -0.39 is 51.6 Å². The minimum absolute atomic E-state index is 0.000869. The van der Waals surface area contributed by atoms with Gasteiger partial charge in [-0.25, -0.2) is 14.5 Å². The monoisotopic (exact) mass is 356 g/mol. The molecule has 9 heteroatoms. The highest BCUT2D eigenvalue weighted by atomic mass is 16.6. The number of carbonyl (C=O) groups is 3. The molecule has 0 N–H and O–H groups in total. The average Bonchev–Trinajstić information content (AvgIpc) is 3.10. The smallest absolute Gasteiger partial charge is 0.418 e. The summed E-state index contributed by atoms with van der Waals surface area (Å²) >= 11 is 0. The number of nitro groups is 1. The third kappa shape index (κ3) is 3.59. The third-order valence-corrected chi connectivity index (χ3v) is 4.08. The fraction of sp³-hybridized carbons (Fsp3) is 0.812. The fourth-order valence-electron chi connectivity index (χ4n) is 2.98. The van der Waals surface area contributed by atoms with Crippen LogP contribution in [0, 0.1) is 16.0 Å². The van der Waals surface area contributed by atoms with E-state index in [-0.39, 0.29) is 12.8 Å². The van der Waals surface area contributed by atoms with Crippen molar-refractivity contribution in [3.8, 4) is 0 Å². The van der Waals surface area contributed by atoms with Crippen molar-refractivity contribution in [3.63, 3.8) is 0 Å². The molecule has 2 fully saturated rings. The molecule has 0 unspecified atom stereocenters. The molecule has 1 heterocycles. The van der Waals surface area contributed by atoms with Crippen LogP contribution in [0.5, 0.6) is 0 Å². The Morgan fingerprint density at radius 2 is 1.68 bits per heavy atom. The molecule has 3 atom stereocenters. The van der Waals surface area contributed by atoms with Crippen LogP contribution in [0.2, 0.25) is 0 Å². The summed E-state index contributed by atoms with van der Waals surface area (Å²) in [4.78, 5) is 49.0. The summed E-state index contributed by atoms with van der Waals surface area (Å²) in [7, 11) is 0. The topological polar surface area (TPSA) is 116 Å². The van der Waals surface area contributed by atoms with Gasteiger partial charge in [0.25, 0.3) is 0 Å². The Morgan fingerprint density at radius 1 is 1.16 bits per heavy atom. The molecule has 9 nitrogen and oxygen atoms in total. The largest absolute Gasteiger partial charge is 0.458 e. The summed E-state index contributed by atoms with van der Waals surface area (Å²) < 4.78 is 10.5. The van der Waals surface area contributed by atoms with E-state index in [1.165, 1.54) is 0 Å². The zero-order valence-electron chi connectivity index (χ0n) is 15.3. The number of fused-ring (bicyclic) bond motifs is 1. The van der Waals surface area contributed by atoms with Crippen LogP contribution in [0.25, 0.3) is 0 Å². The second-order valence-electron chi connectivity index (χ2n) is 8.52. The number of nitrogens with zero attached hydrogens (tertiary/aromatic N) is 2. The second kappa shape index (κ2) is 5.67. The number of amides is 2. The second-order valence-corrected chi connectivity index (χ2v) is 8.52. The Bertz CT molecular complexity index is 631. The molecule has 0 bridgehead atoms. The number of esters is 1. The summed E-state index contributed by atoms with van der Waals surface area (Å²) in [5.74, 6) is -2.35. The van der Waals surface area contributed by atoms with E-state index in [9.17, 15) is 24.5 Å². The van der Waals surface area contributed by atoms with Crippen molar-refractivity contribution in [3.05, 3.63) is 10.1 Å². The normalized spacial score (nSPS) is 28.9. The molecule has 1 aliphatic heterocycles. The molecule has 25 heavy (non-hydrogen) atoms. The Labute approximate surface area is 145 Å². The lowest BCUT2D eigenvalue weighted by molar-refractivity contribution is -0.529. The Kier molecular flexibility index (Phi) is 4.34. The van der Waals surface area contributed by atoms with Gasteiger partial charge in [-0.1, -0.05) is 0 Å². The number of likely N-dealkylation sites (tertiary alicyclic amines) is 1. The lowest BCUT2D eigenvalue weighted by atomic mass is 9.98. The first-order valence-electron chi connectivity index (χ1n) is 8.13. The Morgan fingerprint density at radius 3 is 2.12 bits per heavy atom. The van der Waals surface area contributed by atoms with Gasteiger partial charge in [-0.2, -0.15) is 0 Å². The fourth-order valence-corrected chi connectivity index (χ4v) is 2.98. The Hall–Kier alpha value is -2.19. The molecule has 0 aromatic rings. The van der Waals surface area contributed by atoms with Crippen molar-refractivity contribution in [2.45, 2.75) is 77.2 Å². The number of carbonyl (C=O) groups excluding carboxylic acids is 3. The quantitative estimate of drug-likeness (QED) is 0.421. The van der Waals surface area contributed by atoms with Crippen molar-refractivity contribution < 1.29 is 28.8 Å². The third-order valence-electron chi connectivity index (χ3n) is 4.08. The number of imide groups is 1. The van der Waals surface area contributed by atoms with Gasteiger partial charge in [0.15, 0.2) is 0 Å². The number of piperidine rings is 1. The zero-order valence-corrected chi connectivity index (χ0v) is 15.3. The van der Waals surface area contributed by atoms with E-state index in [0.29, 0.717) is 4.90 Å². The van der Waals surface area contributed by atoms with E-state index in [1.54, 1.807) is 41.5 Å². The first-order chi connectivity index (χ1) is 11.2. The highest BCUT2D eigenvalue weighted by molar-refractivity contribution is 6.03. The maximum atomic E-state index is 12.7. The molecule has 0 spiro atoms. The van der Waals surface area contributed by atoms with Gasteiger partial charge in [0.05, 0.1) is 0 Å². The molecule has 1 saturated heterocycles. The Balaban J connectivity index is 2.34. The van der Waals surface area contributed by atoms with E-state index >= 15 is 0 Å². The maximum absolute atomic E-state index is 12.7. The van der Waals surface area contributed by atoms with E-state index in [4.69, 9.17) is 9.47 Å². The standard InChI is InChI=1S/C16H24N2O7/c1-14(2,3)24-11(19)10-7-9-8-16(9,18(22)23)12(20)17(10)13(21)25-15(4,5)6/h9-10H,7-8H2,1-6H3/t9-,10-,16-/m1/s1. The van der Waals surface area contributed by atoms with Gasteiger partial charge >= 0.3 is 23.5 Å². The predicted molar refractivity (Wildman–Crippen MR) is 85.2 cm³/mol. The maximum Gasteiger partial charge on any atom is 0.418 e. The summed E-state index contributed by atoms with van der Waals surface area (Å²) in [6.07, 6.45) is -1.06. The molecule has 0 radical (unpaired) electrons. The van der Waals surface area contributed by atoms with Crippen LogP contribution in [0.15, 0.2) is 0 Å². The molecule has 0 aromatic heterocycles. The van der Waals surface area contributed by atoms with E-state index in [1.807, 2.05) is 0 Å². The van der Waals surface area contributed by atoms with Crippen LogP contribution in [0.3, 0.4) is 0 Å². The van der Waals surface area contributed by atoms with Gasteiger partial charge in [0, 0.05) is 17.3 Å². The van der Waals surface area contributed by atoms with Crippen LogP contribution in [-0.2, 0) is 19.1 Å². The lowest BCUT2D eigenvalue weighted by Crippen LogP contribution is -2.60. The SMILES string of the molecule is CC(C)(C)OC(=O)[C@H]1C[C@@H]2C[C@]2([N+](=O)[O-])C(=O)N1C(=O)OC(C)(C)C. The molecule has 1 aliphatic carbocycles. The van der Waals surface area contributed by atoms with Gasteiger partial charge in [-0.15, -0.1) is 0 Å². The number of ether oxygens (including phenoxy) is 2. The number of hydrogen-bond acceptors (Lipinski definition) is 7. The van der Waals surface area contributed by atoms with Crippen molar-refractivity contribution in [2.75, 3.05) is 0 Å². The van der Waals surface area contributed by atoms with Crippen LogP contribution in [0.4, 0.5) is 4.79 Å². The summed E-state index contributed by atoms with van der Waals surface area (Å²) in [5.41, 5.74) is -3.56. The molecule has 1 saturated carbocycles. The van der Waals surface area contributed by atoms with Crippen molar-refractivity contribution >= 4 is 18.0 Å². The molecule has 140 valence electrons. The van der Waals surface area contributed by atoms with Crippen LogP contribution < -0.4 is 0 Å². The highest BCUT2D eigenvalue weighted by Gasteiger charge is 2.78. The molecule has 0 aromatic carbocycles. The molecular weight excluding hydrogens is 332 g/mol. The molecule has 2 rings (SSSR count). The van der Waals surface area contributed by atoms with Crippen molar-refractivity contribution in [2.24, 2.45) is 5.92 Å².